The Morgan fingerprint density at radius 3 is 3.00 bits per heavy atom. The van der Waals surface area contributed by atoms with Crippen LogP contribution in [0.3, 0.4) is 0 Å². The highest BCUT2D eigenvalue weighted by Crippen LogP contribution is 2.21. The van der Waals surface area contributed by atoms with Crippen molar-refractivity contribution in [2.75, 3.05) is 36.5 Å². The second-order valence-corrected chi connectivity index (χ2v) is 5.26. The van der Waals surface area contributed by atoms with Gasteiger partial charge in [-0.15, -0.1) is 0 Å². The smallest absolute Gasteiger partial charge is 0.224 e. The lowest BCUT2D eigenvalue weighted by molar-refractivity contribution is -0.0105. The third-order valence-corrected chi connectivity index (χ3v) is 3.38. The lowest BCUT2D eigenvalue weighted by Crippen LogP contribution is -2.50. The Morgan fingerprint density at radius 2 is 2.30 bits per heavy atom. The van der Waals surface area contributed by atoms with Crippen LogP contribution in [0, 0.1) is 6.92 Å². The molecule has 1 aromatic heterocycles. The van der Waals surface area contributed by atoms with Crippen LogP contribution in [0.5, 0.6) is 0 Å². The molecule has 0 amide bonds. The third kappa shape index (κ3) is 3.58. The largest absolute Gasteiger partial charge is 0.394 e. The lowest BCUT2D eigenvalue weighted by Gasteiger charge is -2.38. The highest BCUT2D eigenvalue weighted by Gasteiger charge is 2.27. The minimum atomic E-state index is -0.145. The second-order valence-electron chi connectivity index (χ2n) is 5.26. The number of hydrogen-bond donors (Lipinski definition) is 2. The van der Waals surface area contributed by atoms with Crippen LogP contribution >= 0.6 is 0 Å². The fourth-order valence-corrected chi connectivity index (χ4v) is 2.26. The van der Waals surface area contributed by atoms with Gasteiger partial charge >= 0.3 is 0 Å². The molecule has 2 heterocycles. The van der Waals surface area contributed by atoms with Crippen molar-refractivity contribution in [1.82, 2.24) is 9.97 Å². The number of rotatable bonds is 5. The Hall–Kier alpha value is -1.40. The zero-order valence-electron chi connectivity index (χ0n) is 12.5. The van der Waals surface area contributed by atoms with Crippen LogP contribution in [-0.4, -0.2) is 53.5 Å². The number of nitrogens with zero attached hydrogens (tertiary/aromatic N) is 3. The fraction of sp³-hybridized carbons (Fsp3) is 0.714. The number of aromatic nitrogens is 2. The predicted molar refractivity (Wildman–Crippen MR) is 79.2 cm³/mol. The first-order valence-electron chi connectivity index (χ1n) is 7.22. The first-order valence-corrected chi connectivity index (χ1v) is 7.22. The summed E-state index contributed by atoms with van der Waals surface area (Å²) in [7, 11) is 0. The molecule has 1 aliphatic rings. The van der Waals surface area contributed by atoms with Gasteiger partial charge in [-0.2, -0.15) is 4.98 Å². The van der Waals surface area contributed by atoms with Gasteiger partial charge in [-0.05, 0) is 20.3 Å². The molecule has 2 unspecified atom stereocenters. The van der Waals surface area contributed by atoms with Crippen LogP contribution in [-0.2, 0) is 4.74 Å². The van der Waals surface area contributed by atoms with Gasteiger partial charge in [0.2, 0.25) is 5.95 Å². The van der Waals surface area contributed by atoms with Gasteiger partial charge in [0.05, 0.1) is 25.4 Å². The van der Waals surface area contributed by atoms with E-state index >= 15 is 0 Å². The van der Waals surface area contributed by atoms with E-state index in [2.05, 4.69) is 34.0 Å². The number of anilines is 2. The van der Waals surface area contributed by atoms with E-state index < -0.39 is 0 Å². The minimum Gasteiger partial charge on any atom is -0.394 e. The normalized spacial score (nSPS) is 22.9. The molecule has 20 heavy (non-hydrogen) atoms. The summed E-state index contributed by atoms with van der Waals surface area (Å²) in [5.41, 5.74) is 0.938. The van der Waals surface area contributed by atoms with E-state index in [-0.39, 0.29) is 18.8 Å². The van der Waals surface area contributed by atoms with Gasteiger partial charge in [-0.25, -0.2) is 4.98 Å². The molecule has 1 fully saturated rings. The highest BCUT2D eigenvalue weighted by atomic mass is 16.5. The van der Waals surface area contributed by atoms with Gasteiger partial charge in [0.15, 0.2) is 0 Å². The molecule has 2 N–H and O–H groups in total. The van der Waals surface area contributed by atoms with Gasteiger partial charge in [0, 0.05) is 24.8 Å². The van der Waals surface area contributed by atoms with Gasteiger partial charge in [-0.3, -0.25) is 0 Å². The average Bonchev–Trinajstić information content (AvgIpc) is 2.45. The standard InChI is InChI=1S/C14H24N4O2/c1-4-5-15-14-16-10(2)6-13(17-14)18-7-12(8-19)20-9-11(18)3/h6,11-12,19H,4-5,7-9H2,1-3H3,(H,15,16,17). The first-order chi connectivity index (χ1) is 9.63. The molecule has 1 saturated heterocycles. The highest BCUT2D eigenvalue weighted by molar-refractivity contribution is 5.46. The maximum Gasteiger partial charge on any atom is 0.224 e. The summed E-state index contributed by atoms with van der Waals surface area (Å²) in [6.45, 7) is 8.34. The molecule has 6 heteroatoms. The van der Waals surface area contributed by atoms with Crippen LogP contribution in [0.15, 0.2) is 6.07 Å². The Labute approximate surface area is 120 Å². The predicted octanol–water partition coefficient (Wildman–Crippen LogP) is 1.19. The van der Waals surface area contributed by atoms with Crippen molar-refractivity contribution in [3.05, 3.63) is 11.8 Å². The SMILES string of the molecule is CCCNc1nc(C)cc(N2CC(CO)OCC2C)n1. The number of aryl methyl sites for hydroxylation is 1. The van der Waals surface area contributed by atoms with Crippen molar-refractivity contribution in [3.8, 4) is 0 Å². The van der Waals surface area contributed by atoms with E-state index in [1.807, 2.05) is 13.0 Å². The van der Waals surface area contributed by atoms with Gasteiger partial charge in [0.1, 0.15) is 5.82 Å². The van der Waals surface area contributed by atoms with Crippen LogP contribution in [0.1, 0.15) is 26.0 Å². The monoisotopic (exact) mass is 280 g/mol. The van der Waals surface area contributed by atoms with Crippen LogP contribution < -0.4 is 10.2 Å². The molecule has 1 aliphatic heterocycles. The molecule has 0 aliphatic carbocycles. The van der Waals surface area contributed by atoms with E-state index in [1.165, 1.54) is 0 Å². The van der Waals surface area contributed by atoms with Gasteiger partial charge < -0.3 is 20.1 Å². The first kappa shape index (κ1) is 15.0. The molecule has 2 rings (SSSR count). The maximum absolute atomic E-state index is 9.27. The summed E-state index contributed by atoms with van der Waals surface area (Å²) >= 11 is 0. The molecular formula is C14H24N4O2. The summed E-state index contributed by atoms with van der Waals surface area (Å²) in [4.78, 5) is 11.2. The van der Waals surface area contributed by atoms with Crippen molar-refractivity contribution < 1.29 is 9.84 Å². The molecule has 6 nitrogen and oxygen atoms in total. The topological polar surface area (TPSA) is 70.5 Å². The quantitative estimate of drug-likeness (QED) is 0.844. The molecule has 0 spiro atoms. The summed E-state index contributed by atoms with van der Waals surface area (Å²) in [5, 5.41) is 12.5. The van der Waals surface area contributed by atoms with Crippen molar-refractivity contribution in [3.63, 3.8) is 0 Å². The minimum absolute atomic E-state index is 0.0359. The number of morpholine rings is 1. The Kier molecular flexibility index (Phi) is 5.14. The lowest BCUT2D eigenvalue weighted by atomic mass is 10.2. The molecule has 0 aromatic carbocycles. The third-order valence-electron chi connectivity index (χ3n) is 3.38. The van der Waals surface area contributed by atoms with Gasteiger partial charge in [-0.1, -0.05) is 6.92 Å². The fourth-order valence-electron chi connectivity index (χ4n) is 2.26. The summed E-state index contributed by atoms with van der Waals surface area (Å²) in [6, 6.07) is 2.22. The van der Waals surface area contributed by atoms with Crippen molar-refractivity contribution in [1.29, 1.82) is 0 Å². The molecule has 1 aromatic rings. The van der Waals surface area contributed by atoms with Crippen LogP contribution in [0.2, 0.25) is 0 Å². The van der Waals surface area contributed by atoms with E-state index in [0.29, 0.717) is 19.1 Å². The summed E-state index contributed by atoms with van der Waals surface area (Å²) < 4.78 is 5.57. The zero-order chi connectivity index (χ0) is 14.5. The molecule has 2 atom stereocenters. The van der Waals surface area contributed by atoms with E-state index in [4.69, 9.17) is 4.74 Å². The number of aliphatic hydroxyl groups is 1. The molecule has 0 saturated carbocycles. The molecule has 0 radical (unpaired) electrons. The summed E-state index contributed by atoms with van der Waals surface area (Å²) in [5.74, 6) is 1.56. The van der Waals surface area contributed by atoms with E-state index in [9.17, 15) is 5.11 Å². The number of nitrogens with one attached hydrogen (secondary N) is 1. The number of ether oxygens (including phenoxy) is 1. The van der Waals surface area contributed by atoms with Gasteiger partial charge in [0.25, 0.3) is 0 Å². The molecular weight excluding hydrogens is 256 g/mol. The van der Waals surface area contributed by atoms with Crippen molar-refractivity contribution in [2.45, 2.75) is 39.3 Å². The van der Waals surface area contributed by atoms with Crippen LogP contribution in [0.25, 0.3) is 0 Å². The number of hydrogen-bond acceptors (Lipinski definition) is 6. The van der Waals surface area contributed by atoms with Crippen molar-refractivity contribution >= 4 is 11.8 Å². The second kappa shape index (κ2) is 6.85. The van der Waals surface area contributed by atoms with E-state index in [1.54, 1.807) is 0 Å². The Morgan fingerprint density at radius 1 is 1.50 bits per heavy atom. The Bertz CT molecular complexity index is 441. The maximum atomic E-state index is 9.27. The Balaban J connectivity index is 2.19. The zero-order valence-corrected chi connectivity index (χ0v) is 12.5. The summed E-state index contributed by atoms with van der Waals surface area (Å²) in [6.07, 6.45) is 0.890. The average molecular weight is 280 g/mol. The van der Waals surface area contributed by atoms with E-state index in [0.717, 1.165) is 24.5 Å². The number of aliphatic hydroxyl groups excluding tert-OH is 1. The van der Waals surface area contributed by atoms with Crippen molar-refractivity contribution in [2.24, 2.45) is 0 Å². The molecule has 112 valence electrons. The van der Waals surface area contributed by atoms with Crippen LogP contribution in [0.4, 0.5) is 11.8 Å². The molecule has 0 bridgehead atoms.